The molecule has 0 aliphatic rings. The zero-order valence-corrected chi connectivity index (χ0v) is 10.9. The summed E-state index contributed by atoms with van der Waals surface area (Å²) in [5.41, 5.74) is 6.54. The third kappa shape index (κ3) is 2.20. The van der Waals surface area contributed by atoms with Crippen LogP contribution in [-0.4, -0.2) is 24.8 Å². The summed E-state index contributed by atoms with van der Waals surface area (Å²) >= 11 is 0. The molecule has 3 aromatic rings. The van der Waals surface area contributed by atoms with Gasteiger partial charge >= 0.3 is 0 Å². The van der Waals surface area contributed by atoms with Gasteiger partial charge < -0.3 is 10.3 Å². The molecule has 9 nitrogen and oxygen atoms in total. The minimum Gasteiger partial charge on any atom is -0.393 e. The SMILES string of the molecule is Cn1nccc1-c1nc(-c2ccc(N)c([N+](=O)[O-])c2)no1. The number of benzene rings is 1. The topological polar surface area (TPSA) is 126 Å². The van der Waals surface area contributed by atoms with E-state index in [1.54, 1.807) is 30.1 Å². The average molecular weight is 286 g/mol. The van der Waals surface area contributed by atoms with Gasteiger partial charge in [0.05, 0.1) is 4.92 Å². The highest BCUT2D eigenvalue weighted by molar-refractivity contribution is 5.69. The minimum absolute atomic E-state index is 0.0825. The molecule has 0 saturated heterocycles. The number of anilines is 1. The van der Waals surface area contributed by atoms with Gasteiger partial charge in [0.25, 0.3) is 11.6 Å². The highest BCUT2D eigenvalue weighted by Gasteiger charge is 2.17. The van der Waals surface area contributed by atoms with Crippen LogP contribution in [0.2, 0.25) is 0 Å². The molecule has 0 bridgehead atoms. The van der Waals surface area contributed by atoms with Gasteiger partial charge in [0.1, 0.15) is 11.4 Å². The molecule has 0 unspecified atom stereocenters. The van der Waals surface area contributed by atoms with E-state index in [9.17, 15) is 10.1 Å². The summed E-state index contributed by atoms with van der Waals surface area (Å²) < 4.78 is 6.74. The standard InChI is InChI=1S/C12H10N6O3/c1-17-9(4-5-14-17)12-15-11(16-21-12)7-2-3-8(13)10(6-7)18(19)20/h2-6H,13H2,1H3. The van der Waals surface area contributed by atoms with Crippen molar-refractivity contribution in [1.82, 2.24) is 19.9 Å². The summed E-state index contributed by atoms with van der Waals surface area (Å²) in [5.74, 6) is 0.527. The lowest BCUT2D eigenvalue weighted by Gasteiger charge is -1.98. The monoisotopic (exact) mass is 286 g/mol. The first-order valence-electron chi connectivity index (χ1n) is 5.92. The summed E-state index contributed by atoms with van der Waals surface area (Å²) in [4.78, 5) is 14.5. The fraction of sp³-hybridized carbons (Fsp3) is 0.0833. The Hall–Kier alpha value is -3.23. The highest BCUT2D eigenvalue weighted by Crippen LogP contribution is 2.28. The third-order valence-electron chi connectivity index (χ3n) is 2.95. The lowest BCUT2D eigenvalue weighted by atomic mass is 10.1. The zero-order valence-electron chi connectivity index (χ0n) is 10.9. The Morgan fingerprint density at radius 3 is 2.86 bits per heavy atom. The lowest BCUT2D eigenvalue weighted by molar-refractivity contribution is -0.383. The number of nitro groups is 1. The van der Waals surface area contributed by atoms with Gasteiger partial charge in [0.15, 0.2) is 0 Å². The van der Waals surface area contributed by atoms with Crippen LogP contribution in [-0.2, 0) is 7.05 Å². The molecular weight excluding hydrogens is 276 g/mol. The maximum atomic E-state index is 10.9. The molecular formula is C12H10N6O3. The zero-order chi connectivity index (χ0) is 15.0. The fourth-order valence-corrected chi connectivity index (χ4v) is 1.87. The molecule has 1 aromatic carbocycles. The van der Waals surface area contributed by atoms with Crippen LogP contribution in [0, 0.1) is 10.1 Å². The number of hydrogen-bond acceptors (Lipinski definition) is 7. The first-order chi connectivity index (χ1) is 10.1. The van der Waals surface area contributed by atoms with E-state index in [-0.39, 0.29) is 23.1 Å². The van der Waals surface area contributed by atoms with Crippen molar-refractivity contribution in [2.75, 3.05) is 5.73 Å². The molecule has 106 valence electrons. The van der Waals surface area contributed by atoms with Gasteiger partial charge in [-0.25, -0.2) is 0 Å². The predicted octanol–water partition coefficient (Wildman–Crippen LogP) is 1.63. The molecule has 0 aliphatic heterocycles. The van der Waals surface area contributed by atoms with E-state index in [4.69, 9.17) is 10.3 Å². The van der Waals surface area contributed by atoms with E-state index in [2.05, 4.69) is 15.2 Å². The molecule has 2 aromatic heterocycles. The molecule has 9 heteroatoms. The van der Waals surface area contributed by atoms with Gasteiger partial charge in [-0.1, -0.05) is 5.16 Å². The van der Waals surface area contributed by atoms with Crippen molar-refractivity contribution in [3.8, 4) is 23.0 Å². The quantitative estimate of drug-likeness (QED) is 0.440. The molecule has 2 N–H and O–H groups in total. The second-order valence-corrected chi connectivity index (χ2v) is 4.29. The third-order valence-corrected chi connectivity index (χ3v) is 2.95. The molecule has 3 rings (SSSR count). The van der Waals surface area contributed by atoms with Crippen molar-refractivity contribution in [2.45, 2.75) is 0 Å². The first-order valence-corrected chi connectivity index (χ1v) is 5.92. The number of aromatic nitrogens is 4. The van der Waals surface area contributed by atoms with Crippen molar-refractivity contribution < 1.29 is 9.45 Å². The van der Waals surface area contributed by atoms with Crippen LogP contribution in [0.4, 0.5) is 11.4 Å². The molecule has 0 radical (unpaired) electrons. The first kappa shape index (κ1) is 12.8. The Labute approximate surface area is 118 Å². The minimum atomic E-state index is -0.555. The van der Waals surface area contributed by atoms with E-state index >= 15 is 0 Å². The van der Waals surface area contributed by atoms with Gasteiger partial charge in [-0.2, -0.15) is 10.1 Å². The van der Waals surface area contributed by atoms with Gasteiger partial charge in [0, 0.05) is 24.9 Å². The number of hydrogen-bond donors (Lipinski definition) is 1. The molecule has 0 amide bonds. The Bertz CT molecular complexity index is 822. The summed E-state index contributed by atoms with van der Waals surface area (Å²) in [6, 6.07) is 6.07. The van der Waals surface area contributed by atoms with Crippen molar-refractivity contribution in [1.29, 1.82) is 0 Å². The van der Waals surface area contributed by atoms with Crippen LogP contribution in [0.1, 0.15) is 0 Å². The molecule has 2 heterocycles. The maximum Gasteiger partial charge on any atom is 0.292 e. The molecule has 0 atom stereocenters. The van der Waals surface area contributed by atoms with E-state index in [0.717, 1.165) is 0 Å². The predicted molar refractivity (Wildman–Crippen MR) is 73.0 cm³/mol. The largest absolute Gasteiger partial charge is 0.393 e. The molecule has 0 spiro atoms. The summed E-state index contributed by atoms with van der Waals surface area (Å²) in [5, 5.41) is 18.7. The Morgan fingerprint density at radius 1 is 1.38 bits per heavy atom. The van der Waals surface area contributed by atoms with Gasteiger partial charge in [-0.15, -0.1) is 0 Å². The highest BCUT2D eigenvalue weighted by atomic mass is 16.6. The van der Waals surface area contributed by atoms with Crippen LogP contribution in [0.25, 0.3) is 23.0 Å². The fourth-order valence-electron chi connectivity index (χ4n) is 1.87. The van der Waals surface area contributed by atoms with Crippen molar-refractivity contribution in [3.05, 3.63) is 40.6 Å². The van der Waals surface area contributed by atoms with E-state index in [1.165, 1.54) is 12.1 Å². The van der Waals surface area contributed by atoms with Crippen molar-refractivity contribution in [2.24, 2.45) is 7.05 Å². The molecule has 21 heavy (non-hydrogen) atoms. The Morgan fingerprint density at radius 2 is 2.19 bits per heavy atom. The smallest absolute Gasteiger partial charge is 0.292 e. The number of aryl methyl sites for hydroxylation is 1. The van der Waals surface area contributed by atoms with Gasteiger partial charge in [-0.3, -0.25) is 14.8 Å². The normalized spacial score (nSPS) is 10.7. The number of nitro benzene ring substituents is 1. The molecule has 0 fully saturated rings. The molecule has 0 saturated carbocycles. The lowest BCUT2D eigenvalue weighted by Crippen LogP contribution is -1.96. The van der Waals surface area contributed by atoms with E-state index in [1.807, 2.05) is 0 Å². The summed E-state index contributed by atoms with van der Waals surface area (Å²) in [6.07, 6.45) is 1.60. The number of rotatable bonds is 3. The van der Waals surface area contributed by atoms with Crippen LogP contribution in [0.3, 0.4) is 0 Å². The second kappa shape index (κ2) is 4.71. The van der Waals surface area contributed by atoms with Crippen LogP contribution in [0.15, 0.2) is 35.0 Å². The maximum absolute atomic E-state index is 10.9. The van der Waals surface area contributed by atoms with Crippen LogP contribution >= 0.6 is 0 Å². The van der Waals surface area contributed by atoms with Crippen molar-refractivity contribution >= 4 is 11.4 Å². The van der Waals surface area contributed by atoms with Crippen LogP contribution < -0.4 is 5.73 Å². The summed E-state index contributed by atoms with van der Waals surface area (Å²) in [6.45, 7) is 0. The average Bonchev–Trinajstić information content (AvgIpc) is 3.07. The number of nitrogen functional groups attached to an aromatic ring is 1. The Balaban J connectivity index is 2.03. The molecule has 0 aliphatic carbocycles. The van der Waals surface area contributed by atoms with E-state index in [0.29, 0.717) is 11.3 Å². The number of nitrogens with two attached hydrogens (primary N) is 1. The Kier molecular flexibility index (Phi) is 2.87. The van der Waals surface area contributed by atoms with Crippen LogP contribution in [0.5, 0.6) is 0 Å². The number of nitrogens with zero attached hydrogens (tertiary/aromatic N) is 5. The summed E-state index contributed by atoms with van der Waals surface area (Å²) in [7, 11) is 1.74. The van der Waals surface area contributed by atoms with E-state index < -0.39 is 4.92 Å². The van der Waals surface area contributed by atoms with Gasteiger partial charge in [0.2, 0.25) is 5.82 Å². The van der Waals surface area contributed by atoms with Gasteiger partial charge in [-0.05, 0) is 18.2 Å². The second-order valence-electron chi connectivity index (χ2n) is 4.29. The van der Waals surface area contributed by atoms with Crippen molar-refractivity contribution in [3.63, 3.8) is 0 Å².